The second-order valence-corrected chi connectivity index (χ2v) is 4.82. The number of hydrogen-bond acceptors (Lipinski definition) is 4. The molecule has 1 heterocycles. The minimum atomic E-state index is 0.123. The highest BCUT2D eigenvalue weighted by Crippen LogP contribution is 2.14. The Morgan fingerprint density at radius 2 is 2.33 bits per heavy atom. The number of rotatable bonds is 5. The molecular formula is C11H16N2OS. The summed E-state index contributed by atoms with van der Waals surface area (Å²) in [5.41, 5.74) is 0.710. The van der Waals surface area contributed by atoms with Gasteiger partial charge < -0.3 is 10.4 Å². The first-order valence-electron chi connectivity index (χ1n) is 4.99. The highest BCUT2D eigenvalue weighted by atomic mass is 32.1. The lowest BCUT2D eigenvalue weighted by molar-refractivity contribution is 0.210. The molecule has 0 bridgehead atoms. The Kier molecular flexibility index (Phi) is 4.76. The summed E-state index contributed by atoms with van der Waals surface area (Å²) in [6.07, 6.45) is 0. The van der Waals surface area contributed by atoms with Crippen LogP contribution in [0.15, 0.2) is 11.4 Å². The maximum atomic E-state index is 9.11. The van der Waals surface area contributed by atoms with Crippen molar-refractivity contribution in [2.75, 3.05) is 6.61 Å². The van der Waals surface area contributed by atoms with E-state index in [0.717, 1.165) is 11.4 Å². The molecule has 0 amide bonds. The smallest absolute Gasteiger partial charge is 0.100 e. The molecule has 2 N–H and O–H groups in total. The Morgan fingerprint density at radius 1 is 1.60 bits per heavy atom. The van der Waals surface area contributed by atoms with E-state index in [0.29, 0.717) is 11.5 Å². The summed E-state index contributed by atoms with van der Waals surface area (Å²) in [5, 5.41) is 22.9. The molecule has 0 aromatic carbocycles. The largest absolute Gasteiger partial charge is 0.395 e. The average molecular weight is 224 g/mol. The lowest BCUT2D eigenvalue weighted by atomic mass is 10.1. The summed E-state index contributed by atoms with van der Waals surface area (Å²) in [7, 11) is 0. The Bertz CT molecular complexity index is 341. The topological polar surface area (TPSA) is 56.0 Å². The summed E-state index contributed by atoms with van der Waals surface area (Å²) in [6, 6.07) is 4.11. The van der Waals surface area contributed by atoms with Gasteiger partial charge in [0.05, 0.1) is 12.2 Å². The van der Waals surface area contributed by atoms with Crippen LogP contribution < -0.4 is 5.32 Å². The first-order chi connectivity index (χ1) is 7.17. The molecule has 0 aliphatic carbocycles. The van der Waals surface area contributed by atoms with Crippen LogP contribution in [0, 0.1) is 17.2 Å². The van der Waals surface area contributed by atoms with Crippen LogP contribution in [0.2, 0.25) is 0 Å². The molecule has 1 aromatic rings. The van der Waals surface area contributed by atoms with Crippen molar-refractivity contribution in [3.05, 3.63) is 21.9 Å². The van der Waals surface area contributed by atoms with Crippen LogP contribution in [0.25, 0.3) is 0 Å². The second kappa shape index (κ2) is 5.86. The van der Waals surface area contributed by atoms with Gasteiger partial charge in [-0.05, 0) is 12.0 Å². The maximum Gasteiger partial charge on any atom is 0.100 e. The molecule has 0 spiro atoms. The van der Waals surface area contributed by atoms with E-state index >= 15 is 0 Å². The van der Waals surface area contributed by atoms with E-state index in [1.165, 1.54) is 0 Å². The molecule has 0 saturated carbocycles. The van der Waals surface area contributed by atoms with Gasteiger partial charge in [-0.3, -0.25) is 0 Å². The van der Waals surface area contributed by atoms with Gasteiger partial charge in [-0.1, -0.05) is 13.8 Å². The van der Waals surface area contributed by atoms with E-state index in [4.69, 9.17) is 10.4 Å². The quantitative estimate of drug-likeness (QED) is 0.800. The third-order valence-electron chi connectivity index (χ3n) is 2.32. The van der Waals surface area contributed by atoms with Crippen molar-refractivity contribution < 1.29 is 5.11 Å². The van der Waals surface area contributed by atoms with E-state index in [-0.39, 0.29) is 12.6 Å². The normalized spacial score (nSPS) is 12.7. The molecule has 15 heavy (non-hydrogen) atoms. The summed E-state index contributed by atoms with van der Waals surface area (Å²) >= 11 is 1.57. The van der Waals surface area contributed by atoms with Crippen LogP contribution in [0.3, 0.4) is 0 Å². The number of nitrogens with zero attached hydrogens (tertiary/aromatic N) is 1. The fourth-order valence-corrected chi connectivity index (χ4v) is 2.04. The van der Waals surface area contributed by atoms with E-state index < -0.39 is 0 Å². The Morgan fingerprint density at radius 3 is 2.80 bits per heavy atom. The molecule has 4 heteroatoms. The third kappa shape index (κ3) is 3.63. The van der Waals surface area contributed by atoms with E-state index in [1.54, 1.807) is 11.3 Å². The van der Waals surface area contributed by atoms with Crippen molar-refractivity contribution in [1.29, 1.82) is 5.26 Å². The van der Waals surface area contributed by atoms with Crippen molar-refractivity contribution >= 4 is 11.3 Å². The van der Waals surface area contributed by atoms with E-state index in [1.807, 2.05) is 11.4 Å². The van der Waals surface area contributed by atoms with Crippen molar-refractivity contribution in [2.24, 2.45) is 5.92 Å². The predicted octanol–water partition coefficient (Wildman–Crippen LogP) is 1.73. The van der Waals surface area contributed by atoms with Crippen LogP contribution in [0.1, 0.15) is 24.3 Å². The molecule has 0 unspecified atom stereocenters. The Hall–Kier alpha value is -0.890. The molecule has 0 saturated heterocycles. The molecule has 1 aromatic heterocycles. The first kappa shape index (κ1) is 12.2. The highest BCUT2D eigenvalue weighted by molar-refractivity contribution is 7.10. The second-order valence-electron chi connectivity index (χ2n) is 3.83. The van der Waals surface area contributed by atoms with Gasteiger partial charge in [-0.2, -0.15) is 5.26 Å². The van der Waals surface area contributed by atoms with Crippen molar-refractivity contribution in [3.8, 4) is 6.07 Å². The molecule has 82 valence electrons. The van der Waals surface area contributed by atoms with Gasteiger partial charge in [-0.15, -0.1) is 11.3 Å². The number of nitrogens with one attached hydrogen (secondary N) is 1. The molecule has 1 rings (SSSR count). The van der Waals surface area contributed by atoms with E-state index in [2.05, 4.69) is 25.2 Å². The fourth-order valence-electron chi connectivity index (χ4n) is 1.27. The summed E-state index contributed by atoms with van der Waals surface area (Å²) in [4.78, 5) is 1.13. The SMILES string of the molecule is CC(C)[C@@H](CO)NCc1cc(C#N)cs1. The van der Waals surface area contributed by atoms with Gasteiger partial charge in [0.15, 0.2) is 0 Å². The summed E-state index contributed by atoms with van der Waals surface area (Å²) in [6.45, 7) is 5.01. The molecule has 1 atom stereocenters. The molecule has 0 aliphatic rings. The van der Waals surface area contributed by atoms with Crippen LogP contribution in [0.4, 0.5) is 0 Å². The van der Waals surface area contributed by atoms with Crippen LogP contribution >= 0.6 is 11.3 Å². The minimum absolute atomic E-state index is 0.123. The summed E-state index contributed by atoms with van der Waals surface area (Å²) in [5.74, 6) is 0.408. The van der Waals surface area contributed by atoms with Crippen molar-refractivity contribution in [3.63, 3.8) is 0 Å². The van der Waals surface area contributed by atoms with Crippen molar-refractivity contribution in [2.45, 2.75) is 26.4 Å². The van der Waals surface area contributed by atoms with Crippen LogP contribution in [-0.2, 0) is 6.54 Å². The summed E-state index contributed by atoms with van der Waals surface area (Å²) < 4.78 is 0. The Balaban J connectivity index is 2.46. The molecule has 3 nitrogen and oxygen atoms in total. The standard InChI is InChI=1S/C11H16N2OS/c1-8(2)11(6-14)13-5-10-3-9(4-12)7-15-10/h3,7-8,11,13-14H,5-6H2,1-2H3/t11-/m1/s1. The molecular weight excluding hydrogens is 208 g/mol. The monoisotopic (exact) mass is 224 g/mol. The molecule has 0 fully saturated rings. The zero-order valence-electron chi connectivity index (χ0n) is 9.03. The third-order valence-corrected chi connectivity index (χ3v) is 3.26. The van der Waals surface area contributed by atoms with Gasteiger partial charge in [0, 0.05) is 22.8 Å². The first-order valence-corrected chi connectivity index (χ1v) is 5.87. The van der Waals surface area contributed by atoms with Crippen LogP contribution in [0.5, 0.6) is 0 Å². The van der Waals surface area contributed by atoms with Gasteiger partial charge in [-0.25, -0.2) is 0 Å². The van der Waals surface area contributed by atoms with Gasteiger partial charge in [0.25, 0.3) is 0 Å². The maximum absolute atomic E-state index is 9.11. The number of aliphatic hydroxyl groups excluding tert-OH is 1. The zero-order valence-corrected chi connectivity index (χ0v) is 9.84. The molecule has 0 aliphatic heterocycles. The van der Waals surface area contributed by atoms with Gasteiger partial charge in [0.1, 0.15) is 6.07 Å². The number of thiophene rings is 1. The number of nitriles is 1. The number of aliphatic hydroxyl groups is 1. The van der Waals surface area contributed by atoms with E-state index in [9.17, 15) is 0 Å². The van der Waals surface area contributed by atoms with Gasteiger partial charge >= 0.3 is 0 Å². The lowest BCUT2D eigenvalue weighted by Crippen LogP contribution is -2.36. The van der Waals surface area contributed by atoms with Crippen molar-refractivity contribution in [1.82, 2.24) is 5.32 Å². The van der Waals surface area contributed by atoms with Gasteiger partial charge in [0.2, 0.25) is 0 Å². The average Bonchev–Trinajstić information content (AvgIpc) is 2.66. The lowest BCUT2D eigenvalue weighted by Gasteiger charge is -2.19. The Labute approximate surface area is 94.4 Å². The zero-order chi connectivity index (χ0) is 11.3. The van der Waals surface area contributed by atoms with Crippen LogP contribution in [-0.4, -0.2) is 17.8 Å². The highest BCUT2D eigenvalue weighted by Gasteiger charge is 2.11. The number of hydrogen-bond donors (Lipinski definition) is 2. The molecule has 0 radical (unpaired) electrons. The predicted molar refractivity (Wildman–Crippen MR) is 61.6 cm³/mol. The fraction of sp³-hybridized carbons (Fsp3) is 0.545. The minimum Gasteiger partial charge on any atom is -0.395 e.